The number of hydrogen-bond donors (Lipinski definition) is 0. The molecule has 0 bridgehead atoms. The third-order valence-corrected chi connectivity index (χ3v) is 6.91. The van der Waals surface area contributed by atoms with E-state index in [0.717, 1.165) is 28.4 Å². The summed E-state index contributed by atoms with van der Waals surface area (Å²) < 4.78 is 56.8. The number of esters is 2. The zero-order valence-corrected chi connectivity index (χ0v) is 15.6. The van der Waals surface area contributed by atoms with Crippen molar-refractivity contribution in [2.75, 3.05) is 28.4 Å². The fraction of sp³-hybridized carbons (Fsp3) is 0.286. The van der Waals surface area contributed by atoms with Gasteiger partial charge in [-0.15, -0.1) is 0 Å². The Morgan fingerprint density at radius 1 is 0.880 bits per heavy atom. The Morgan fingerprint density at radius 3 is 1.76 bits per heavy atom. The van der Waals surface area contributed by atoms with Gasteiger partial charge in [-0.05, 0) is 12.1 Å². The SMILES string of the molecule is COC(=O)/C(=C(/C(=O)OC)S(=O)(=O)c1ccccc1)P(=O)(OC)OC. The molecule has 0 atom stereocenters. The van der Waals surface area contributed by atoms with Crippen LogP contribution in [0.5, 0.6) is 0 Å². The summed E-state index contributed by atoms with van der Waals surface area (Å²) in [4.78, 5) is 22.8. The van der Waals surface area contributed by atoms with Gasteiger partial charge in [0.1, 0.15) is 0 Å². The van der Waals surface area contributed by atoms with Crippen molar-refractivity contribution in [2.24, 2.45) is 0 Å². The standard InChI is InChI=1S/C14H17O9PS/c1-20-13(15)11(24(17,22-3)23-4)12(14(16)21-2)25(18,19)10-8-6-5-7-9-10/h5-9H,1-4H3/b12-11+. The minimum atomic E-state index is -4.60. The molecule has 0 aliphatic carbocycles. The Hall–Kier alpha value is -2.00. The maximum Gasteiger partial charge on any atom is 0.369 e. The van der Waals surface area contributed by atoms with Gasteiger partial charge in [0.25, 0.3) is 0 Å². The highest BCUT2D eigenvalue weighted by atomic mass is 32.2. The van der Waals surface area contributed by atoms with E-state index in [-0.39, 0.29) is 4.90 Å². The second kappa shape index (κ2) is 8.39. The number of methoxy groups -OCH3 is 2. The van der Waals surface area contributed by atoms with Crippen LogP contribution in [0.25, 0.3) is 0 Å². The van der Waals surface area contributed by atoms with E-state index < -0.39 is 39.6 Å². The highest BCUT2D eigenvalue weighted by Crippen LogP contribution is 2.57. The average Bonchev–Trinajstić information content (AvgIpc) is 2.64. The average molecular weight is 392 g/mol. The Bertz CT molecular complexity index is 819. The summed E-state index contributed by atoms with van der Waals surface area (Å²) in [5, 5.41) is -1.07. The van der Waals surface area contributed by atoms with Gasteiger partial charge in [0.2, 0.25) is 9.84 Å². The zero-order chi connectivity index (χ0) is 19.3. The summed E-state index contributed by atoms with van der Waals surface area (Å²) in [6.07, 6.45) is 0. The van der Waals surface area contributed by atoms with E-state index in [4.69, 9.17) is 0 Å². The normalized spacial score (nSPS) is 13.0. The molecule has 9 nitrogen and oxygen atoms in total. The first-order valence-corrected chi connectivity index (χ1v) is 9.65. The van der Waals surface area contributed by atoms with E-state index in [1.165, 1.54) is 24.3 Å². The van der Waals surface area contributed by atoms with Crippen molar-refractivity contribution in [1.82, 2.24) is 0 Å². The first-order chi connectivity index (χ1) is 11.7. The summed E-state index contributed by atoms with van der Waals surface area (Å²) in [6.45, 7) is 0. The first kappa shape index (κ1) is 21.0. The minimum absolute atomic E-state index is 0.324. The highest BCUT2D eigenvalue weighted by molar-refractivity contribution is 7.96. The van der Waals surface area contributed by atoms with E-state index >= 15 is 0 Å². The molecule has 11 heteroatoms. The predicted octanol–water partition coefficient (Wildman–Crippen LogP) is 1.50. The van der Waals surface area contributed by atoms with E-state index in [2.05, 4.69) is 18.5 Å². The molecule has 0 aliphatic heterocycles. The Kier molecular flexibility index (Phi) is 7.06. The largest absolute Gasteiger partial charge is 0.465 e. The van der Waals surface area contributed by atoms with Crippen molar-refractivity contribution in [3.63, 3.8) is 0 Å². The Balaban J connectivity index is 3.98. The molecule has 0 aromatic heterocycles. The fourth-order valence-corrected chi connectivity index (χ4v) is 5.08. The quantitative estimate of drug-likeness (QED) is 0.386. The fourth-order valence-electron chi connectivity index (χ4n) is 1.83. The van der Waals surface area contributed by atoms with Gasteiger partial charge in [-0.2, -0.15) is 0 Å². The van der Waals surface area contributed by atoms with Gasteiger partial charge < -0.3 is 18.5 Å². The molecule has 0 unspecified atom stereocenters. The van der Waals surface area contributed by atoms with Gasteiger partial charge in [-0.3, -0.25) is 4.57 Å². The van der Waals surface area contributed by atoms with E-state index in [1.807, 2.05) is 0 Å². The zero-order valence-electron chi connectivity index (χ0n) is 13.9. The molecular formula is C14H17O9PS. The molecule has 1 aromatic rings. The maximum absolute atomic E-state index is 12.9. The molecule has 0 radical (unpaired) electrons. The van der Waals surface area contributed by atoms with E-state index in [1.54, 1.807) is 6.07 Å². The molecule has 1 aromatic carbocycles. The van der Waals surface area contributed by atoms with Crippen molar-refractivity contribution in [3.05, 3.63) is 40.6 Å². The van der Waals surface area contributed by atoms with Crippen LogP contribution in [-0.2, 0) is 42.5 Å². The van der Waals surface area contributed by atoms with Crippen LogP contribution in [0.3, 0.4) is 0 Å². The number of benzene rings is 1. The lowest BCUT2D eigenvalue weighted by Gasteiger charge is -2.18. The Labute approximate surface area is 145 Å². The molecule has 0 heterocycles. The van der Waals surface area contributed by atoms with Crippen molar-refractivity contribution in [3.8, 4) is 0 Å². The van der Waals surface area contributed by atoms with Gasteiger partial charge in [-0.25, -0.2) is 18.0 Å². The summed E-state index contributed by atoms with van der Waals surface area (Å²) in [5.41, 5.74) is 0. The van der Waals surface area contributed by atoms with Gasteiger partial charge in [-0.1, -0.05) is 18.2 Å². The van der Waals surface area contributed by atoms with Gasteiger partial charge in [0.05, 0.1) is 19.1 Å². The monoisotopic (exact) mass is 392 g/mol. The van der Waals surface area contributed by atoms with Crippen LogP contribution in [-0.4, -0.2) is 48.8 Å². The lowest BCUT2D eigenvalue weighted by atomic mass is 10.4. The van der Waals surface area contributed by atoms with Crippen LogP contribution in [0.15, 0.2) is 45.4 Å². The number of ether oxygens (including phenoxy) is 2. The van der Waals surface area contributed by atoms with Gasteiger partial charge in [0, 0.05) is 14.2 Å². The Morgan fingerprint density at radius 2 is 1.36 bits per heavy atom. The number of carbonyl (C=O) groups excluding carboxylic acids is 2. The second-order valence-electron chi connectivity index (χ2n) is 4.34. The van der Waals surface area contributed by atoms with Crippen molar-refractivity contribution in [2.45, 2.75) is 4.90 Å². The summed E-state index contributed by atoms with van der Waals surface area (Å²) in [6, 6.07) is 6.75. The number of sulfone groups is 1. The number of carbonyl (C=O) groups is 2. The third-order valence-electron chi connectivity index (χ3n) is 3.04. The molecule has 0 fully saturated rings. The molecule has 1 rings (SSSR count). The molecule has 25 heavy (non-hydrogen) atoms. The number of hydrogen-bond acceptors (Lipinski definition) is 9. The molecule has 138 valence electrons. The summed E-state index contributed by atoms with van der Waals surface area (Å²) >= 11 is 0. The van der Waals surface area contributed by atoms with Crippen LogP contribution in [0.4, 0.5) is 0 Å². The van der Waals surface area contributed by atoms with Crippen LogP contribution in [0, 0.1) is 0 Å². The highest BCUT2D eigenvalue weighted by Gasteiger charge is 2.45. The van der Waals surface area contributed by atoms with Crippen molar-refractivity contribution < 1.29 is 41.1 Å². The van der Waals surface area contributed by atoms with Crippen LogP contribution in [0.2, 0.25) is 0 Å². The predicted molar refractivity (Wildman–Crippen MR) is 86.3 cm³/mol. The van der Waals surface area contributed by atoms with Gasteiger partial charge in [0.15, 0.2) is 10.2 Å². The topological polar surface area (TPSA) is 122 Å². The maximum atomic E-state index is 12.9. The molecule has 0 spiro atoms. The van der Waals surface area contributed by atoms with Crippen molar-refractivity contribution in [1.29, 1.82) is 0 Å². The van der Waals surface area contributed by atoms with Crippen LogP contribution >= 0.6 is 7.60 Å². The second-order valence-corrected chi connectivity index (χ2v) is 8.40. The first-order valence-electron chi connectivity index (χ1n) is 6.62. The smallest absolute Gasteiger partial charge is 0.369 e. The molecule has 0 saturated heterocycles. The lowest BCUT2D eigenvalue weighted by molar-refractivity contribution is -0.138. The van der Waals surface area contributed by atoms with Crippen LogP contribution < -0.4 is 0 Å². The molecular weight excluding hydrogens is 375 g/mol. The van der Waals surface area contributed by atoms with Gasteiger partial charge >= 0.3 is 19.5 Å². The molecule has 0 N–H and O–H groups in total. The summed E-state index contributed by atoms with van der Waals surface area (Å²) in [7, 11) is -5.40. The molecule has 0 amide bonds. The van der Waals surface area contributed by atoms with E-state index in [9.17, 15) is 22.6 Å². The lowest BCUT2D eigenvalue weighted by Crippen LogP contribution is -2.22. The van der Waals surface area contributed by atoms with Crippen molar-refractivity contribution >= 4 is 29.4 Å². The minimum Gasteiger partial charge on any atom is -0.465 e. The number of rotatable bonds is 7. The van der Waals surface area contributed by atoms with Crippen LogP contribution in [0.1, 0.15) is 0 Å². The molecule has 0 aliphatic rings. The van der Waals surface area contributed by atoms with E-state index in [0.29, 0.717) is 0 Å². The summed E-state index contributed by atoms with van der Waals surface area (Å²) in [5.74, 6) is -2.79. The molecule has 0 saturated carbocycles. The third kappa shape index (κ3) is 4.16.